The van der Waals surface area contributed by atoms with Gasteiger partial charge in [-0.2, -0.15) is 0 Å². The van der Waals surface area contributed by atoms with Crippen molar-refractivity contribution >= 4 is 13.4 Å². The lowest BCUT2D eigenvalue weighted by molar-refractivity contribution is -0.104. The molecule has 1 fully saturated rings. The van der Waals surface area contributed by atoms with Crippen LogP contribution < -0.4 is 0 Å². The van der Waals surface area contributed by atoms with E-state index in [9.17, 15) is 4.79 Å². The van der Waals surface area contributed by atoms with E-state index in [0.29, 0.717) is 5.57 Å². The zero-order valence-corrected chi connectivity index (χ0v) is 10.9. The molecular weight excluding hydrogens is 215 g/mol. The molecule has 1 aliphatic carbocycles. The van der Waals surface area contributed by atoms with Crippen LogP contribution in [0.1, 0.15) is 40.5 Å². The van der Waals surface area contributed by atoms with Gasteiger partial charge in [0.25, 0.3) is 0 Å². The van der Waals surface area contributed by atoms with Crippen molar-refractivity contribution < 1.29 is 14.1 Å². The first kappa shape index (κ1) is 12.6. The Labute approximate surface area is 103 Å². The second-order valence-electron chi connectivity index (χ2n) is 5.63. The van der Waals surface area contributed by atoms with Crippen LogP contribution in [-0.4, -0.2) is 24.6 Å². The third-order valence-electron chi connectivity index (χ3n) is 3.91. The summed E-state index contributed by atoms with van der Waals surface area (Å²) < 4.78 is 11.9. The number of hydrogen-bond donors (Lipinski definition) is 0. The molecule has 0 aromatic rings. The van der Waals surface area contributed by atoms with Crippen LogP contribution in [0.4, 0.5) is 0 Å². The third-order valence-corrected chi connectivity index (χ3v) is 3.91. The fraction of sp³-hybridized carbons (Fsp3) is 0.615. The van der Waals surface area contributed by atoms with Gasteiger partial charge >= 0.3 is 7.12 Å². The molecule has 0 atom stereocenters. The molecule has 0 bridgehead atoms. The molecule has 2 rings (SSSR count). The molecule has 4 heteroatoms. The summed E-state index contributed by atoms with van der Waals surface area (Å²) in [5.41, 5.74) is 0.982. The minimum atomic E-state index is -0.384. The molecule has 0 aromatic heterocycles. The summed E-state index contributed by atoms with van der Waals surface area (Å²) in [6, 6.07) is 0. The van der Waals surface area contributed by atoms with Crippen molar-refractivity contribution in [1.82, 2.24) is 0 Å². The van der Waals surface area contributed by atoms with Crippen molar-refractivity contribution in [3.05, 3.63) is 23.2 Å². The second kappa shape index (κ2) is 4.11. The summed E-state index contributed by atoms with van der Waals surface area (Å²) >= 11 is 0. The molecule has 3 nitrogen and oxygen atoms in total. The number of rotatable bonds is 2. The second-order valence-corrected chi connectivity index (χ2v) is 5.63. The van der Waals surface area contributed by atoms with Crippen molar-refractivity contribution in [3.63, 3.8) is 0 Å². The van der Waals surface area contributed by atoms with E-state index in [1.165, 1.54) is 0 Å². The minimum absolute atomic E-state index is 0.347. The topological polar surface area (TPSA) is 35.5 Å². The Morgan fingerprint density at radius 2 is 1.82 bits per heavy atom. The largest absolute Gasteiger partial charge is 0.491 e. The van der Waals surface area contributed by atoms with Crippen LogP contribution in [-0.2, 0) is 14.1 Å². The molecule has 0 saturated carbocycles. The number of carbonyl (C=O) groups excluding carboxylic acids is 1. The normalized spacial score (nSPS) is 26.5. The summed E-state index contributed by atoms with van der Waals surface area (Å²) in [5.74, 6) is 0. The zero-order chi connectivity index (χ0) is 12.7. The van der Waals surface area contributed by atoms with E-state index >= 15 is 0 Å². The smallest absolute Gasteiger partial charge is 0.400 e. The Kier molecular flexibility index (Phi) is 3.04. The van der Waals surface area contributed by atoms with Crippen LogP contribution in [0.3, 0.4) is 0 Å². The lowest BCUT2D eigenvalue weighted by Gasteiger charge is -2.32. The Morgan fingerprint density at radius 1 is 1.24 bits per heavy atom. The van der Waals surface area contributed by atoms with E-state index in [4.69, 9.17) is 9.31 Å². The molecule has 1 aliphatic heterocycles. The molecule has 1 heterocycles. The zero-order valence-electron chi connectivity index (χ0n) is 10.9. The van der Waals surface area contributed by atoms with E-state index in [0.717, 1.165) is 24.6 Å². The number of hydrogen-bond acceptors (Lipinski definition) is 3. The first-order chi connectivity index (χ1) is 7.87. The number of allylic oxidation sites excluding steroid dienone is 4. The van der Waals surface area contributed by atoms with Gasteiger partial charge in [0.1, 0.15) is 6.29 Å². The maximum atomic E-state index is 11.0. The van der Waals surface area contributed by atoms with Gasteiger partial charge in [-0.15, -0.1) is 0 Å². The van der Waals surface area contributed by atoms with Crippen LogP contribution in [0.2, 0.25) is 0 Å². The predicted molar refractivity (Wildman–Crippen MR) is 67.5 cm³/mol. The van der Waals surface area contributed by atoms with Crippen LogP contribution in [0.5, 0.6) is 0 Å². The Balaban J connectivity index is 2.29. The summed E-state index contributed by atoms with van der Waals surface area (Å²) in [6.07, 6.45) is 6.53. The summed E-state index contributed by atoms with van der Waals surface area (Å²) in [6.45, 7) is 8.08. The third kappa shape index (κ3) is 2.12. The quantitative estimate of drug-likeness (QED) is 0.543. The molecule has 92 valence electrons. The van der Waals surface area contributed by atoms with Gasteiger partial charge in [0.05, 0.1) is 11.2 Å². The highest BCUT2D eigenvalue weighted by molar-refractivity contribution is 6.55. The van der Waals surface area contributed by atoms with Crippen LogP contribution in [0.25, 0.3) is 0 Å². The first-order valence-electron chi connectivity index (χ1n) is 6.08. The predicted octanol–water partition coefficient (Wildman–Crippen LogP) is 2.46. The Hall–Kier alpha value is -0.865. The monoisotopic (exact) mass is 234 g/mol. The van der Waals surface area contributed by atoms with Crippen molar-refractivity contribution in [2.24, 2.45) is 0 Å². The van der Waals surface area contributed by atoms with Gasteiger partial charge in [-0.05, 0) is 46.0 Å². The molecule has 0 unspecified atom stereocenters. The van der Waals surface area contributed by atoms with Gasteiger partial charge in [-0.1, -0.05) is 12.2 Å². The van der Waals surface area contributed by atoms with Crippen LogP contribution in [0, 0.1) is 0 Å². The summed E-state index contributed by atoms with van der Waals surface area (Å²) in [4.78, 5) is 11.0. The highest BCUT2D eigenvalue weighted by Gasteiger charge is 2.52. The molecular formula is C13H19BO3. The van der Waals surface area contributed by atoms with E-state index < -0.39 is 0 Å². The standard InChI is InChI=1S/C13H19BO3/c1-12(2)13(3,4)17-14(16-12)11-8-6-5-7-10(11)9-15/h5,7,9H,6,8H2,1-4H3. The maximum absolute atomic E-state index is 11.0. The van der Waals surface area contributed by atoms with Gasteiger partial charge in [0, 0.05) is 5.57 Å². The van der Waals surface area contributed by atoms with Crippen molar-refractivity contribution in [2.75, 3.05) is 0 Å². The van der Waals surface area contributed by atoms with E-state index in [2.05, 4.69) is 0 Å². The maximum Gasteiger partial charge on any atom is 0.491 e. The van der Waals surface area contributed by atoms with Crippen LogP contribution in [0.15, 0.2) is 23.2 Å². The Morgan fingerprint density at radius 3 is 2.35 bits per heavy atom. The van der Waals surface area contributed by atoms with Crippen molar-refractivity contribution in [1.29, 1.82) is 0 Å². The van der Waals surface area contributed by atoms with Gasteiger partial charge in [0.15, 0.2) is 0 Å². The molecule has 0 amide bonds. The molecule has 17 heavy (non-hydrogen) atoms. The van der Waals surface area contributed by atoms with Crippen molar-refractivity contribution in [2.45, 2.75) is 51.7 Å². The first-order valence-corrected chi connectivity index (χ1v) is 6.08. The van der Waals surface area contributed by atoms with Gasteiger partial charge in [0.2, 0.25) is 0 Å². The van der Waals surface area contributed by atoms with Gasteiger partial charge < -0.3 is 9.31 Å². The molecule has 1 saturated heterocycles. The van der Waals surface area contributed by atoms with Crippen molar-refractivity contribution in [3.8, 4) is 0 Å². The van der Waals surface area contributed by atoms with E-state index in [-0.39, 0.29) is 18.3 Å². The minimum Gasteiger partial charge on any atom is -0.400 e. The lowest BCUT2D eigenvalue weighted by Crippen LogP contribution is -2.41. The van der Waals surface area contributed by atoms with Crippen LogP contribution >= 0.6 is 0 Å². The Bertz CT molecular complexity index is 377. The number of carbonyl (C=O) groups is 1. The fourth-order valence-corrected chi connectivity index (χ4v) is 2.05. The fourth-order valence-electron chi connectivity index (χ4n) is 2.05. The average Bonchev–Trinajstić information content (AvgIpc) is 2.48. The highest BCUT2D eigenvalue weighted by atomic mass is 16.7. The molecule has 0 aromatic carbocycles. The lowest BCUT2D eigenvalue weighted by atomic mass is 9.71. The highest BCUT2D eigenvalue weighted by Crippen LogP contribution is 2.40. The van der Waals surface area contributed by atoms with E-state index in [1.54, 1.807) is 0 Å². The summed E-state index contributed by atoms with van der Waals surface area (Å²) in [5, 5.41) is 0. The molecule has 0 spiro atoms. The average molecular weight is 234 g/mol. The molecule has 0 radical (unpaired) electrons. The summed E-state index contributed by atoms with van der Waals surface area (Å²) in [7, 11) is -0.384. The molecule has 2 aliphatic rings. The number of aldehydes is 1. The molecule has 0 N–H and O–H groups in total. The van der Waals surface area contributed by atoms with E-state index in [1.807, 2.05) is 39.8 Å². The SMILES string of the molecule is CC1(C)OB(C2=C(C=O)C=CCC2)OC1(C)C. The van der Waals surface area contributed by atoms with Gasteiger partial charge in [-0.3, -0.25) is 4.79 Å². The van der Waals surface area contributed by atoms with Gasteiger partial charge in [-0.25, -0.2) is 0 Å².